The minimum absolute atomic E-state index is 0.111. The molecule has 0 aliphatic heterocycles. The van der Waals surface area contributed by atoms with Crippen molar-refractivity contribution in [3.63, 3.8) is 0 Å². The first-order valence-corrected chi connectivity index (χ1v) is 9.10. The van der Waals surface area contributed by atoms with E-state index in [0.717, 1.165) is 18.5 Å². The molecule has 7 nitrogen and oxygen atoms in total. The van der Waals surface area contributed by atoms with Gasteiger partial charge in [-0.2, -0.15) is 5.26 Å². The van der Waals surface area contributed by atoms with Crippen LogP contribution < -0.4 is 11.1 Å². The van der Waals surface area contributed by atoms with Crippen LogP contribution in [-0.2, 0) is 9.59 Å². The van der Waals surface area contributed by atoms with Crippen molar-refractivity contribution in [2.75, 3.05) is 11.9 Å². The Bertz CT molecular complexity index is 863. The monoisotopic (exact) mass is 415 g/mol. The summed E-state index contributed by atoms with van der Waals surface area (Å²) in [6.45, 7) is 0.645. The molecule has 0 saturated heterocycles. The number of anilines is 1. The lowest BCUT2D eigenvalue weighted by molar-refractivity contribution is -0.134. The first-order chi connectivity index (χ1) is 13.9. The van der Waals surface area contributed by atoms with E-state index in [4.69, 9.17) is 27.5 Å². The van der Waals surface area contributed by atoms with Crippen LogP contribution in [-0.4, -0.2) is 28.7 Å². The number of nitrogens with zero attached hydrogens (tertiary/aromatic N) is 1. The molecule has 8 heteroatoms. The topological polar surface area (TPSA) is 136 Å². The maximum Gasteiger partial charge on any atom is 0.328 e. The molecule has 0 aromatic heterocycles. The number of nitrogens with one attached hydrogen (secondary N) is 1. The fourth-order valence-corrected chi connectivity index (χ4v) is 2.57. The molecule has 29 heavy (non-hydrogen) atoms. The van der Waals surface area contributed by atoms with E-state index in [9.17, 15) is 14.9 Å². The minimum Gasteiger partial charge on any atom is -0.478 e. The average molecular weight is 416 g/mol. The number of carbonyl (C=O) groups is 2. The van der Waals surface area contributed by atoms with E-state index in [1.54, 1.807) is 18.2 Å². The largest absolute Gasteiger partial charge is 0.478 e. The summed E-state index contributed by atoms with van der Waals surface area (Å²) in [5, 5.41) is 28.9. The van der Waals surface area contributed by atoms with Crippen LogP contribution in [0.15, 0.2) is 60.7 Å². The molecular weight excluding hydrogens is 394 g/mol. The van der Waals surface area contributed by atoms with Crippen molar-refractivity contribution in [3.8, 4) is 6.07 Å². The van der Waals surface area contributed by atoms with Crippen LogP contribution in [0, 0.1) is 11.3 Å². The van der Waals surface area contributed by atoms with Crippen molar-refractivity contribution < 1.29 is 19.8 Å². The van der Waals surface area contributed by atoms with E-state index < -0.39 is 11.9 Å². The van der Waals surface area contributed by atoms with Crippen molar-refractivity contribution in [2.24, 2.45) is 5.73 Å². The Labute approximate surface area is 174 Å². The van der Waals surface area contributed by atoms with Crippen LogP contribution in [0.25, 0.3) is 0 Å². The van der Waals surface area contributed by atoms with Gasteiger partial charge in [-0.3, -0.25) is 0 Å². The van der Waals surface area contributed by atoms with Gasteiger partial charge in [0, 0.05) is 17.2 Å². The van der Waals surface area contributed by atoms with Crippen molar-refractivity contribution in [1.29, 1.82) is 5.26 Å². The van der Waals surface area contributed by atoms with E-state index in [1.807, 2.05) is 18.2 Å². The van der Waals surface area contributed by atoms with E-state index in [2.05, 4.69) is 23.5 Å². The predicted molar refractivity (Wildman–Crippen MR) is 112 cm³/mol. The van der Waals surface area contributed by atoms with Crippen molar-refractivity contribution in [1.82, 2.24) is 0 Å². The molecule has 1 unspecified atom stereocenters. The number of halogens is 1. The van der Waals surface area contributed by atoms with Crippen molar-refractivity contribution >= 4 is 29.2 Å². The molecule has 0 amide bonds. The molecule has 0 heterocycles. The molecule has 5 N–H and O–H groups in total. The minimum atomic E-state index is -1.26. The zero-order chi connectivity index (χ0) is 21.6. The van der Waals surface area contributed by atoms with E-state index in [-0.39, 0.29) is 6.04 Å². The molecule has 0 radical (unpaired) electrons. The summed E-state index contributed by atoms with van der Waals surface area (Å²) in [6, 6.07) is 17.7. The van der Waals surface area contributed by atoms with Crippen LogP contribution in [0.5, 0.6) is 0 Å². The molecule has 2 aromatic rings. The Balaban J connectivity index is 0.000000447. The summed E-state index contributed by atoms with van der Waals surface area (Å²) in [5.41, 5.74) is 8.15. The lowest BCUT2D eigenvalue weighted by atomic mass is 10.0. The SMILES string of the molecule is N#Cc1ccc(Cl)cc1NC(CCCN)c1ccccc1.O=C(O)/C=C/C(=O)O. The molecule has 1 atom stereocenters. The molecule has 0 spiro atoms. The van der Waals surface area contributed by atoms with Gasteiger partial charge < -0.3 is 21.3 Å². The first kappa shape index (κ1) is 23.7. The summed E-state index contributed by atoms with van der Waals surface area (Å²) < 4.78 is 0. The van der Waals surface area contributed by atoms with Gasteiger partial charge in [-0.1, -0.05) is 41.9 Å². The third-order valence-electron chi connectivity index (χ3n) is 3.70. The number of benzene rings is 2. The van der Waals surface area contributed by atoms with Gasteiger partial charge in [-0.25, -0.2) is 9.59 Å². The van der Waals surface area contributed by atoms with Gasteiger partial charge >= 0.3 is 11.9 Å². The number of rotatable bonds is 8. The molecule has 0 aliphatic rings. The average Bonchev–Trinajstić information content (AvgIpc) is 2.71. The van der Waals surface area contributed by atoms with Gasteiger partial charge in [0.05, 0.1) is 17.3 Å². The number of nitrogens with two attached hydrogens (primary N) is 1. The molecule has 0 aliphatic carbocycles. The number of carboxylic acids is 2. The maximum atomic E-state index is 9.55. The predicted octanol–water partition coefficient (Wildman–Crippen LogP) is 3.82. The second-order valence-corrected chi connectivity index (χ2v) is 6.29. The van der Waals surface area contributed by atoms with Gasteiger partial charge in [-0.05, 0) is 43.1 Å². The highest BCUT2D eigenvalue weighted by molar-refractivity contribution is 6.30. The second kappa shape index (κ2) is 12.9. The van der Waals surface area contributed by atoms with Gasteiger partial charge in [0.15, 0.2) is 0 Å². The van der Waals surface area contributed by atoms with Crippen LogP contribution in [0.4, 0.5) is 5.69 Å². The standard InChI is InChI=1S/C17H18ClN3.C4H4O4/c18-15-9-8-14(12-20)17(11-15)21-16(7-4-10-19)13-5-2-1-3-6-13;5-3(6)1-2-4(7)8/h1-3,5-6,8-9,11,16,21H,4,7,10,19H2;1-2H,(H,5,6)(H,7,8)/b;2-1+. The first-order valence-electron chi connectivity index (χ1n) is 8.72. The fraction of sp³-hybridized carbons (Fsp3) is 0.190. The third-order valence-corrected chi connectivity index (χ3v) is 3.93. The highest BCUT2D eigenvalue weighted by Crippen LogP contribution is 2.27. The molecule has 2 rings (SSSR count). The number of nitriles is 1. The Hall–Kier alpha value is -3.34. The highest BCUT2D eigenvalue weighted by atomic mass is 35.5. The number of hydrogen-bond donors (Lipinski definition) is 4. The van der Waals surface area contributed by atoms with Gasteiger partial charge in [0.25, 0.3) is 0 Å². The third kappa shape index (κ3) is 9.42. The summed E-state index contributed by atoms with van der Waals surface area (Å²) in [7, 11) is 0. The van der Waals surface area contributed by atoms with Crippen LogP contribution in [0.2, 0.25) is 5.02 Å². The van der Waals surface area contributed by atoms with Crippen molar-refractivity contribution in [2.45, 2.75) is 18.9 Å². The van der Waals surface area contributed by atoms with E-state index >= 15 is 0 Å². The smallest absolute Gasteiger partial charge is 0.328 e. The Kier molecular flexibility index (Phi) is 10.6. The lowest BCUT2D eigenvalue weighted by Gasteiger charge is -2.21. The number of hydrogen-bond acceptors (Lipinski definition) is 5. The summed E-state index contributed by atoms with van der Waals surface area (Å²) in [5.74, 6) is -2.51. The highest BCUT2D eigenvalue weighted by Gasteiger charge is 2.13. The zero-order valence-corrected chi connectivity index (χ0v) is 16.3. The molecule has 152 valence electrons. The lowest BCUT2D eigenvalue weighted by Crippen LogP contribution is -2.13. The number of carboxylic acid groups (broad SMARTS) is 2. The zero-order valence-electron chi connectivity index (χ0n) is 15.6. The van der Waals surface area contributed by atoms with E-state index in [1.165, 1.54) is 5.56 Å². The van der Waals surface area contributed by atoms with Crippen LogP contribution >= 0.6 is 11.6 Å². The summed E-state index contributed by atoms with van der Waals surface area (Å²) in [4.78, 5) is 19.1. The molecule has 0 saturated carbocycles. The van der Waals surface area contributed by atoms with Crippen LogP contribution in [0.3, 0.4) is 0 Å². The molecule has 0 fully saturated rings. The fourth-order valence-electron chi connectivity index (χ4n) is 2.39. The molecular formula is C21H22ClN3O4. The van der Waals surface area contributed by atoms with E-state index in [0.29, 0.717) is 29.3 Å². The second-order valence-electron chi connectivity index (χ2n) is 5.85. The summed E-state index contributed by atoms with van der Waals surface area (Å²) >= 11 is 6.04. The Morgan fingerprint density at radius 2 is 1.76 bits per heavy atom. The van der Waals surface area contributed by atoms with Gasteiger partial charge in [0.1, 0.15) is 6.07 Å². The quantitative estimate of drug-likeness (QED) is 0.481. The molecule has 0 bridgehead atoms. The normalized spacial score (nSPS) is 11.1. The van der Waals surface area contributed by atoms with Crippen LogP contribution in [0.1, 0.15) is 30.0 Å². The Morgan fingerprint density at radius 3 is 2.28 bits per heavy atom. The maximum absolute atomic E-state index is 9.55. The number of aliphatic carboxylic acids is 2. The summed E-state index contributed by atoms with van der Waals surface area (Å²) in [6.07, 6.45) is 2.93. The van der Waals surface area contributed by atoms with Crippen molar-refractivity contribution in [3.05, 3.63) is 76.8 Å². The van der Waals surface area contributed by atoms with Gasteiger partial charge in [-0.15, -0.1) is 0 Å². The molecule has 2 aromatic carbocycles. The Morgan fingerprint density at radius 1 is 1.14 bits per heavy atom. The van der Waals surface area contributed by atoms with Gasteiger partial charge in [0.2, 0.25) is 0 Å².